The van der Waals surface area contributed by atoms with Crippen LogP contribution in [0.1, 0.15) is 18.9 Å². The van der Waals surface area contributed by atoms with Crippen molar-refractivity contribution in [3.05, 3.63) is 40.8 Å². The van der Waals surface area contributed by atoms with Crippen molar-refractivity contribution in [2.45, 2.75) is 18.2 Å². The van der Waals surface area contributed by atoms with Crippen molar-refractivity contribution in [3.63, 3.8) is 0 Å². The molecule has 6 nitrogen and oxygen atoms in total. The van der Waals surface area contributed by atoms with E-state index >= 15 is 0 Å². The van der Waals surface area contributed by atoms with E-state index < -0.39 is 11.9 Å². The molecule has 24 heavy (non-hydrogen) atoms. The summed E-state index contributed by atoms with van der Waals surface area (Å²) in [7, 11) is 1.25. The minimum absolute atomic E-state index is 0.231. The molecule has 0 aliphatic carbocycles. The van der Waals surface area contributed by atoms with Crippen molar-refractivity contribution >= 4 is 46.8 Å². The van der Waals surface area contributed by atoms with Crippen LogP contribution >= 0.6 is 23.5 Å². The van der Waals surface area contributed by atoms with Gasteiger partial charge in [0.1, 0.15) is 0 Å². The number of carbonyl (C=O) groups is 2. The van der Waals surface area contributed by atoms with E-state index in [1.807, 2.05) is 24.3 Å². The number of thioether (sulfide) groups is 2. The van der Waals surface area contributed by atoms with Crippen LogP contribution in [0.25, 0.3) is 0 Å². The molecule has 0 atom stereocenters. The minimum atomic E-state index is -0.584. The summed E-state index contributed by atoms with van der Waals surface area (Å²) >= 11 is 2.81. The first-order chi connectivity index (χ1) is 11.6. The molecule has 0 saturated carbocycles. The van der Waals surface area contributed by atoms with Gasteiger partial charge in [-0.2, -0.15) is 5.10 Å². The number of carbonyl (C=O) groups excluding carboxylic acids is 2. The Bertz CT molecular complexity index is 714. The molecule has 1 amide bonds. The normalized spacial score (nSPS) is 17.7. The number of rotatable bonds is 6. The lowest BCUT2D eigenvalue weighted by Crippen LogP contribution is -2.19. The maximum Gasteiger partial charge on any atom is 0.331 e. The van der Waals surface area contributed by atoms with Gasteiger partial charge in [-0.1, -0.05) is 25.1 Å². The molecule has 1 aliphatic rings. The van der Waals surface area contributed by atoms with Gasteiger partial charge >= 0.3 is 5.97 Å². The van der Waals surface area contributed by atoms with Gasteiger partial charge in [0.05, 0.1) is 18.2 Å². The van der Waals surface area contributed by atoms with E-state index in [4.69, 9.17) is 0 Å². The quantitative estimate of drug-likeness (QED) is 0.276. The molecule has 1 fully saturated rings. The van der Waals surface area contributed by atoms with E-state index in [1.165, 1.54) is 7.11 Å². The number of benzene rings is 1. The lowest BCUT2D eigenvalue weighted by atomic mass is 10.2. The third-order valence-electron chi connectivity index (χ3n) is 2.83. The largest absolute Gasteiger partial charge is 0.466 e. The van der Waals surface area contributed by atoms with Crippen molar-refractivity contribution in [2.24, 2.45) is 10.2 Å². The highest BCUT2D eigenvalue weighted by Gasteiger charge is 2.24. The third-order valence-corrected chi connectivity index (χ3v) is 5.02. The summed E-state index contributed by atoms with van der Waals surface area (Å²) in [6.45, 7) is 2.13. The molecular weight excluding hydrogens is 346 g/mol. The summed E-state index contributed by atoms with van der Waals surface area (Å²) in [5.41, 5.74) is 0.972. The zero-order valence-corrected chi connectivity index (χ0v) is 14.9. The van der Waals surface area contributed by atoms with E-state index in [2.05, 4.69) is 27.2 Å². The second-order valence-electron chi connectivity index (χ2n) is 4.62. The lowest BCUT2D eigenvalue weighted by molar-refractivity contribution is -0.135. The monoisotopic (exact) mass is 363 g/mol. The number of nitrogens with one attached hydrogen (secondary N) is 1. The third kappa shape index (κ3) is 5.24. The Morgan fingerprint density at radius 2 is 2.21 bits per heavy atom. The topological polar surface area (TPSA) is 80.1 Å². The van der Waals surface area contributed by atoms with Gasteiger partial charge < -0.3 is 4.74 Å². The average Bonchev–Trinajstić information content (AvgIpc) is 2.93. The van der Waals surface area contributed by atoms with E-state index in [0.717, 1.165) is 40.5 Å². The fraction of sp³-hybridized carbons (Fsp3) is 0.250. The second-order valence-corrected chi connectivity index (χ2v) is 6.79. The lowest BCUT2D eigenvalue weighted by Gasteiger charge is -2.03. The standard InChI is InChI=1S/C16H17N3O3S2/c1-3-8-23-12-7-5-4-6-11(12)10-17-19-16-18-15(21)13(24-16)9-14(20)22-2/h4-7,9-10H,3,8H2,1-2H3,(H,18,19,21)/b13-9+,17-10?. The molecule has 1 aliphatic heterocycles. The summed E-state index contributed by atoms with van der Waals surface area (Å²) < 4.78 is 4.50. The Hall–Kier alpha value is -2.06. The van der Waals surface area contributed by atoms with Gasteiger partial charge in [-0.3, -0.25) is 10.1 Å². The molecule has 8 heteroatoms. The Morgan fingerprint density at radius 1 is 1.42 bits per heavy atom. The molecule has 1 saturated heterocycles. The molecule has 0 aromatic heterocycles. The highest BCUT2D eigenvalue weighted by atomic mass is 32.2. The van der Waals surface area contributed by atoms with Gasteiger partial charge in [-0.15, -0.1) is 16.9 Å². The summed E-state index contributed by atoms with van der Waals surface area (Å²) in [4.78, 5) is 24.2. The van der Waals surface area contributed by atoms with E-state index in [-0.39, 0.29) is 4.91 Å². The number of hydrogen-bond donors (Lipinski definition) is 1. The molecule has 126 valence electrons. The van der Waals surface area contributed by atoms with Crippen LogP contribution < -0.4 is 5.32 Å². The smallest absolute Gasteiger partial charge is 0.331 e. The number of nitrogens with zero attached hydrogens (tertiary/aromatic N) is 2. The van der Waals surface area contributed by atoms with Crippen molar-refractivity contribution in [2.75, 3.05) is 12.9 Å². The first-order valence-electron chi connectivity index (χ1n) is 7.25. The minimum Gasteiger partial charge on any atom is -0.466 e. The van der Waals surface area contributed by atoms with Crippen molar-refractivity contribution < 1.29 is 14.3 Å². The molecule has 1 heterocycles. The number of amides is 1. The molecular formula is C16H17N3O3S2. The fourth-order valence-electron chi connectivity index (χ4n) is 1.72. The Balaban J connectivity index is 2.06. The molecule has 2 rings (SSSR count). The highest BCUT2D eigenvalue weighted by molar-refractivity contribution is 8.18. The Labute approximate surface area is 148 Å². The maximum atomic E-state index is 11.7. The van der Waals surface area contributed by atoms with Crippen LogP contribution in [0.4, 0.5) is 0 Å². The summed E-state index contributed by atoms with van der Waals surface area (Å²) in [5.74, 6) is 0.0602. The molecule has 0 radical (unpaired) electrons. The van der Waals surface area contributed by atoms with Gasteiger partial charge in [0.15, 0.2) is 5.17 Å². The molecule has 1 aromatic rings. The fourth-order valence-corrected chi connectivity index (χ4v) is 3.34. The van der Waals surface area contributed by atoms with Gasteiger partial charge in [0.2, 0.25) is 0 Å². The predicted molar refractivity (Wildman–Crippen MR) is 98.3 cm³/mol. The van der Waals surface area contributed by atoms with Crippen LogP contribution in [-0.4, -0.2) is 36.1 Å². The zero-order chi connectivity index (χ0) is 17.4. The van der Waals surface area contributed by atoms with Gasteiger partial charge in [0, 0.05) is 16.5 Å². The van der Waals surface area contributed by atoms with Gasteiger partial charge in [-0.25, -0.2) is 4.79 Å². The number of hydrogen-bond acceptors (Lipinski definition) is 7. The number of esters is 1. The zero-order valence-electron chi connectivity index (χ0n) is 13.3. The summed E-state index contributed by atoms with van der Waals surface area (Å²) in [5, 5.41) is 10.9. The average molecular weight is 363 g/mol. The highest BCUT2D eigenvalue weighted by Crippen LogP contribution is 2.24. The number of ether oxygens (including phenoxy) is 1. The summed E-state index contributed by atoms with van der Waals surface area (Å²) in [6.07, 6.45) is 3.87. The summed E-state index contributed by atoms with van der Waals surface area (Å²) in [6, 6.07) is 7.93. The van der Waals surface area contributed by atoms with Gasteiger partial charge in [0.25, 0.3) is 5.91 Å². The predicted octanol–water partition coefficient (Wildman–Crippen LogP) is 2.80. The molecule has 0 spiro atoms. The van der Waals surface area contributed by atoms with Crippen LogP contribution in [0.2, 0.25) is 0 Å². The van der Waals surface area contributed by atoms with Gasteiger partial charge in [-0.05, 0) is 30.0 Å². The van der Waals surface area contributed by atoms with E-state index in [1.54, 1.807) is 18.0 Å². The van der Waals surface area contributed by atoms with Crippen LogP contribution in [0.3, 0.4) is 0 Å². The second kappa shape index (κ2) is 9.29. The van der Waals surface area contributed by atoms with Crippen LogP contribution in [-0.2, 0) is 14.3 Å². The molecule has 0 unspecified atom stereocenters. The first kappa shape index (κ1) is 18.3. The Kier molecular flexibility index (Phi) is 7.07. The SMILES string of the molecule is CCCSc1ccccc1C=N/N=C1/NC(=O)/C(=C\C(=O)OC)S1. The molecule has 0 bridgehead atoms. The van der Waals surface area contributed by atoms with E-state index in [0.29, 0.717) is 5.17 Å². The van der Waals surface area contributed by atoms with Crippen LogP contribution in [0, 0.1) is 0 Å². The number of amidine groups is 1. The number of methoxy groups -OCH3 is 1. The molecule has 1 N–H and O–H groups in total. The van der Waals surface area contributed by atoms with Crippen molar-refractivity contribution in [1.29, 1.82) is 0 Å². The van der Waals surface area contributed by atoms with E-state index in [9.17, 15) is 9.59 Å². The van der Waals surface area contributed by atoms with Crippen LogP contribution in [0.5, 0.6) is 0 Å². The van der Waals surface area contributed by atoms with Crippen LogP contribution in [0.15, 0.2) is 50.3 Å². The molecule has 1 aromatic carbocycles. The Morgan fingerprint density at radius 3 is 2.96 bits per heavy atom. The van der Waals surface area contributed by atoms with Crippen molar-refractivity contribution in [3.8, 4) is 0 Å². The maximum absolute atomic E-state index is 11.7. The van der Waals surface area contributed by atoms with Crippen molar-refractivity contribution in [1.82, 2.24) is 5.32 Å². The first-order valence-corrected chi connectivity index (χ1v) is 9.06.